The van der Waals surface area contributed by atoms with Crippen molar-refractivity contribution in [3.63, 3.8) is 0 Å². The highest BCUT2D eigenvalue weighted by Crippen LogP contribution is 2.32. The third kappa shape index (κ3) is 4.14. The molecule has 0 aliphatic heterocycles. The number of rotatable bonds is 4. The molecule has 0 aliphatic carbocycles. The molecule has 0 aromatic heterocycles. The molecule has 0 heterocycles. The molecule has 0 spiro atoms. The lowest BCUT2D eigenvalue weighted by molar-refractivity contribution is -0.385. The van der Waals surface area contributed by atoms with E-state index in [2.05, 4.69) is 10.5 Å². The van der Waals surface area contributed by atoms with Gasteiger partial charge in [-0.1, -0.05) is 34.8 Å². The molecule has 2 aromatic carbocycles. The minimum Gasteiger partial charge on any atom is -0.502 e. The van der Waals surface area contributed by atoms with Crippen molar-refractivity contribution in [1.29, 1.82) is 0 Å². The summed E-state index contributed by atoms with van der Waals surface area (Å²) in [6.45, 7) is 0. The molecule has 0 radical (unpaired) electrons. The van der Waals surface area contributed by atoms with Crippen LogP contribution in [-0.4, -0.2) is 22.2 Å². The van der Waals surface area contributed by atoms with E-state index in [1.807, 2.05) is 0 Å². The number of benzene rings is 2. The number of carbonyl (C=O) groups is 1. The number of phenols is 1. The van der Waals surface area contributed by atoms with Gasteiger partial charge in [0.15, 0.2) is 0 Å². The molecule has 10 heteroatoms. The summed E-state index contributed by atoms with van der Waals surface area (Å²) in [6.07, 6.45) is 1.02. The standard InChI is InChI=1S/C14H8Cl3N3O4/c15-8-1-2-11(17)10(4-8)14(22)19-18-6-7-3-9(16)5-12(13(7)21)20(23)24/h1-6,21H,(H,19,22)/b18-6+. The molecule has 2 N–H and O–H groups in total. The Kier molecular flexibility index (Phi) is 5.61. The molecule has 0 fully saturated rings. The summed E-state index contributed by atoms with van der Waals surface area (Å²) >= 11 is 17.4. The monoisotopic (exact) mass is 387 g/mol. The number of nitro benzene ring substituents is 1. The first kappa shape index (κ1) is 18.0. The van der Waals surface area contributed by atoms with Crippen LogP contribution >= 0.6 is 34.8 Å². The minimum atomic E-state index is -0.789. The molecule has 2 rings (SSSR count). The summed E-state index contributed by atoms with van der Waals surface area (Å²) in [5.41, 5.74) is 1.66. The van der Waals surface area contributed by atoms with E-state index in [1.54, 1.807) is 0 Å². The van der Waals surface area contributed by atoms with Crippen molar-refractivity contribution in [1.82, 2.24) is 5.43 Å². The van der Waals surface area contributed by atoms with Crippen molar-refractivity contribution in [3.8, 4) is 5.75 Å². The van der Waals surface area contributed by atoms with Gasteiger partial charge in [0, 0.05) is 21.7 Å². The summed E-state index contributed by atoms with van der Waals surface area (Å²) < 4.78 is 0. The molecule has 0 saturated heterocycles. The predicted molar refractivity (Wildman–Crippen MR) is 91.3 cm³/mol. The number of nitrogens with zero attached hydrogens (tertiary/aromatic N) is 2. The Hall–Kier alpha value is -2.35. The van der Waals surface area contributed by atoms with Gasteiger partial charge in [-0.3, -0.25) is 14.9 Å². The van der Waals surface area contributed by atoms with Crippen LogP contribution in [0.3, 0.4) is 0 Å². The van der Waals surface area contributed by atoms with Crippen LogP contribution < -0.4 is 5.43 Å². The van der Waals surface area contributed by atoms with Crippen molar-refractivity contribution >= 4 is 52.6 Å². The van der Waals surface area contributed by atoms with Crippen LogP contribution in [0, 0.1) is 10.1 Å². The van der Waals surface area contributed by atoms with Crippen LogP contribution in [0.15, 0.2) is 35.4 Å². The summed E-state index contributed by atoms with van der Waals surface area (Å²) in [5.74, 6) is -1.27. The molecule has 0 unspecified atom stereocenters. The number of amides is 1. The number of hydrogen-bond acceptors (Lipinski definition) is 5. The summed E-state index contributed by atoms with van der Waals surface area (Å²) in [7, 11) is 0. The van der Waals surface area contributed by atoms with E-state index in [0.29, 0.717) is 5.02 Å². The highest BCUT2D eigenvalue weighted by Gasteiger charge is 2.18. The van der Waals surface area contributed by atoms with Crippen LogP contribution in [-0.2, 0) is 0 Å². The number of hydrogen-bond donors (Lipinski definition) is 2. The van der Waals surface area contributed by atoms with E-state index in [1.165, 1.54) is 24.3 Å². The third-order valence-electron chi connectivity index (χ3n) is 2.82. The van der Waals surface area contributed by atoms with Crippen LogP contribution in [0.5, 0.6) is 5.75 Å². The zero-order valence-electron chi connectivity index (χ0n) is 11.7. The largest absolute Gasteiger partial charge is 0.502 e. The van der Waals surface area contributed by atoms with Crippen molar-refractivity contribution in [2.75, 3.05) is 0 Å². The van der Waals surface area contributed by atoms with E-state index >= 15 is 0 Å². The quantitative estimate of drug-likeness (QED) is 0.469. The normalized spacial score (nSPS) is 10.8. The molecule has 24 heavy (non-hydrogen) atoms. The van der Waals surface area contributed by atoms with E-state index in [-0.39, 0.29) is 21.2 Å². The molecule has 7 nitrogen and oxygen atoms in total. The van der Waals surface area contributed by atoms with E-state index < -0.39 is 22.3 Å². The number of carbonyl (C=O) groups excluding carboxylic acids is 1. The first-order valence-electron chi connectivity index (χ1n) is 6.25. The second-order valence-electron chi connectivity index (χ2n) is 4.44. The Balaban J connectivity index is 2.22. The number of aromatic hydroxyl groups is 1. The second kappa shape index (κ2) is 7.48. The van der Waals surface area contributed by atoms with Crippen LogP contribution in [0.2, 0.25) is 15.1 Å². The number of halogens is 3. The van der Waals surface area contributed by atoms with Crippen molar-refractivity contribution in [3.05, 3.63) is 66.6 Å². The fourth-order valence-electron chi connectivity index (χ4n) is 1.74. The molecular weight excluding hydrogens is 381 g/mol. The van der Waals surface area contributed by atoms with Crippen molar-refractivity contribution < 1.29 is 14.8 Å². The molecular formula is C14H8Cl3N3O4. The van der Waals surface area contributed by atoms with Crippen LogP contribution in [0.4, 0.5) is 5.69 Å². The van der Waals surface area contributed by atoms with Crippen molar-refractivity contribution in [2.45, 2.75) is 0 Å². The minimum absolute atomic E-state index is 0.0326. The number of hydrazone groups is 1. The first-order chi connectivity index (χ1) is 11.3. The summed E-state index contributed by atoms with van der Waals surface area (Å²) in [5, 5.41) is 24.8. The van der Waals surface area contributed by atoms with Crippen LogP contribution in [0.1, 0.15) is 15.9 Å². The first-order valence-corrected chi connectivity index (χ1v) is 7.38. The van der Waals surface area contributed by atoms with Crippen molar-refractivity contribution in [2.24, 2.45) is 5.10 Å². The number of nitro groups is 1. The van der Waals surface area contributed by atoms with Gasteiger partial charge in [-0.25, -0.2) is 5.43 Å². The molecule has 0 saturated carbocycles. The van der Waals surface area contributed by atoms with Gasteiger partial charge >= 0.3 is 5.69 Å². The van der Waals surface area contributed by atoms with Gasteiger partial charge in [0.2, 0.25) is 5.75 Å². The maximum Gasteiger partial charge on any atom is 0.312 e. The van der Waals surface area contributed by atoms with Gasteiger partial charge in [-0.05, 0) is 24.3 Å². The maximum atomic E-state index is 12.0. The van der Waals surface area contributed by atoms with Gasteiger partial charge in [-0.15, -0.1) is 0 Å². The average Bonchev–Trinajstić information content (AvgIpc) is 2.52. The van der Waals surface area contributed by atoms with Gasteiger partial charge in [0.05, 0.1) is 21.7 Å². The molecule has 0 bridgehead atoms. The van der Waals surface area contributed by atoms with Gasteiger partial charge in [0.25, 0.3) is 5.91 Å². The number of phenolic OH excluding ortho intramolecular Hbond substituents is 1. The fourth-order valence-corrected chi connectivity index (χ4v) is 2.33. The van der Waals surface area contributed by atoms with Gasteiger partial charge in [-0.2, -0.15) is 5.10 Å². The Morgan fingerprint density at radius 1 is 1.21 bits per heavy atom. The van der Waals surface area contributed by atoms with E-state index in [0.717, 1.165) is 12.3 Å². The lowest BCUT2D eigenvalue weighted by Crippen LogP contribution is -2.18. The molecule has 124 valence electrons. The highest BCUT2D eigenvalue weighted by atomic mass is 35.5. The Morgan fingerprint density at radius 2 is 1.92 bits per heavy atom. The van der Waals surface area contributed by atoms with Crippen LogP contribution in [0.25, 0.3) is 0 Å². The summed E-state index contributed by atoms with van der Waals surface area (Å²) in [6, 6.07) is 6.59. The topological polar surface area (TPSA) is 105 Å². The lowest BCUT2D eigenvalue weighted by atomic mass is 10.2. The smallest absolute Gasteiger partial charge is 0.312 e. The number of nitrogens with one attached hydrogen (secondary N) is 1. The molecule has 1 amide bonds. The van der Waals surface area contributed by atoms with E-state index in [9.17, 15) is 20.0 Å². The Bertz CT molecular complexity index is 855. The fraction of sp³-hybridized carbons (Fsp3) is 0. The maximum absolute atomic E-state index is 12.0. The highest BCUT2D eigenvalue weighted by molar-refractivity contribution is 6.35. The van der Waals surface area contributed by atoms with Gasteiger partial charge in [0.1, 0.15) is 0 Å². The molecule has 2 aromatic rings. The molecule has 0 atom stereocenters. The Labute approximate surface area is 150 Å². The summed E-state index contributed by atoms with van der Waals surface area (Å²) in [4.78, 5) is 22.0. The second-order valence-corrected chi connectivity index (χ2v) is 5.72. The zero-order valence-corrected chi connectivity index (χ0v) is 13.9. The van der Waals surface area contributed by atoms with Gasteiger partial charge < -0.3 is 5.11 Å². The average molecular weight is 389 g/mol. The lowest BCUT2D eigenvalue weighted by Gasteiger charge is -2.04. The zero-order chi connectivity index (χ0) is 17.9. The SMILES string of the molecule is O=C(N/N=C/c1cc(Cl)cc([N+](=O)[O-])c1O)c1cc(Cl)ccc1Cl. The predicted octanol–water partition coefficient (Wildman–Crippen LogP) is 4.02. The van der Waals surface area contributed by atoms with E-state index in [4.69, 9.17) is 34.8 Å². The Morgan fingerprint density at radius 3 is 2.58 bits per heavy atom. The molecule has 0 aliphatic rings. The third-order valence-corrected chi connectivity index (χ3v) is 3.61.